The summed E-state index contributed by atoms with van der Waals surface area (Å²) in [5, 5.41) is 9.59. The molecule has 0 atom stereocenters. The Morgan fingerprint density at radius 2 is 1.68 bits per heavy atom. The van der Waals surface area contributed by atoms with Gasteiger partial charge in [-0.1, -0.05) is 23.7 Å². The molecule has 31 heavy (non-hydrogen) atoms. The molecule has 0 amide bonds. The van der Waals surface area contributed by atoms with Crippen LogP contribution in [0.25, 0.3) is 0 Å². The number of carbonyl (C=O) groups excluding carboxylic acids is 2. The molecule has 2 aromatic rings. The molecule has 0 N–H and O–H groups in total. The molecule has 8 nitrogen and oxygen atoms in total. The Morgan fingerprint density at radius 1 is 1.10 bits per heavy atom. The van der Waals surface area contributed by atoms with E-state index in [2.05, 4.69) is 0 Å². The van der Waals surface area contributed by atoms with Gasteiger partial charge < -0.3 is 14.5 Å². The number of sulfone groups is 1. The second-order valence-corrected chi connectivity index (χ2v) is 9.25. The summed E-state index contributed by atoms with van der Waals surface area (Å²) in [6.07, 6.45) is 0.993. The van der Waals surface area contributed by atoms with Gasteiger partial charge in [-0.3, -0.25) is 4.79 Å². The second-order valence-electron chi connectivity index (χ2n) is 6.83. The lowest BCUT2D eigenvalue weighted by molar-refractivity contribution is -0.118. The lowest BCUT2D eigenvalue weighted by Crippen LogP contribution is -2.28. The van der Waals surface area contributed by atoms with Gasteiger partial charge in [0.25, 0.3) is 0 Å². The molecule has 0 saturated heterocycles. The minimum absolute atomic E-state index is 0.0191. The van der Waals surface area contributed by atoms with Crippen molar-refractivity contribution in [1.29, 1.82) is 5.26 Å². The van der Waals surface area contributed by atoms with Crippen molar-refractivity contribution >= 4 is 44.6 Å². The monoisotopic (exact) mass is 459 g/mol. The van der Waals surface area contributed by atoms with Gasteiger partial charge in [0.15, 0.2) is 16.4 Å². The molecule has 1 aliphatic heterocycles. The number of rotatable bonds is 5. The molecule has 0 bridgehead atoms. The fourth-order valence-corrected chi connectivity index (χ4v) is 4.07. The Bertz CT molecular complexity index is 1230. The van der Waals surface area contributed by atoms with Gasteiger partial charge in [0.1, 0.15) is 17.5 Å². The first-order valence-corrected chi connectivity index (χ1v) is 11.2. The maximum atomic E-state index is 12.7. The van der Waals surface area contributed by atoms with E-state index >= 15 is 0 Å². The predicted octanol–water partition coefficient (Wildman–Crippen LogP) is 2.79. The molecule has 10 heteroatoms. The van der Waals surface area contributed by atoms with Crippen molar-refractivity contribution in [3.63, 3.8) is 0 Å². The SMILES string of the molecule is CN1C(=C(C#N)C(=O)COC(=O)c2cc(S(C)(=O)=O)ccc2Cl)N(C)c2ccccc21. The fourth-order valence-electron chi connectivity index (χ4n) is 3.23. The van der Waals surface area contributed by atoms with Crippen LogP contribution >= 0.6 is 11.6 Å². The summed E-state index contributed by atoms with van der Waals surface area (Å²) in [5.74, 6) is -1.31. The number of ether oxygens (including phenoxy) is 1. The van der Waals surface area contributed by atoms with E-state index in [1.54, 1.807) is 23.9 Å². The number of halogens is 1. The zero-order valence-electron chi connectivity index (χ0n) is 16.9. The second kappa shape index (κ2) is 8.41. The summed E-state index contributed by atoms with van der Waals surface area (Å²) in [7, 11) is -0.115. The Morgan fingerprint density at radius 3 is 2.19 bits per heavy atom. The third-order valence-electron chi connectivity index (χ3n) is 4.77. The third-order valence-corrected chi connectivity index (χ3v) is 6.21. The molecule has 0 radical (unpaired) electrons. The zero-order valence-corrected chi connectivity index (χ0v) is 18.5. The summed E-state index contributed by atoms with van der Waals surface area (Å²) < 4.78 is 28.5. The van der Waals surface area contributed by atoms with Gasteiger partial charge in [0.05, 0.1) is 26.9 Å². The van der Waals surface area contributed by atoms with Crippen LogP contribution in [0.1, 0.15) is 10.4 Å². The topological polar surface area (TPSA) is 108 Å². The van der Waals surface area contributed by atoms with Gasteiger partial charge in [-0.05, 0) is 30.3 Å². The summed E-state index contributed by atoms with van der Waals surface area (Å²) in [6, 6.07) is 12.9. The fraction of sp³-hybridized carbons (Fsp3) is 0.190. The highest BCUT2D eigenvalue weighted by molar-refractivity contribution is 7.90. The molecule has 0 unspecified atom stereocenters. The van der Waals surface area contributed by atoms with Crippen molar-refractivity contribution in [3.05, 3.63) is 64.4 Å². The van der Waals surface area contributed by atoms with E-state index in [9.17, 15) is 23.3 Å². The summed E-state index contributed by atoms with van der Waals surface area (Å²) >= 11 is 5.98. The molecular formula is C21H18ClN3O5S. The van der Waals surface area contributed by atoms with E-state index in [1.165, 1.54) is 12.1 Å². The van der Waals surface area contributed by atoms with Crippen LogP contribution in [0.5, 0.6) is 0 Å². The van der Waals surface area contributed by atoms with Crippen LogP contribution in [0.15, 0.2) is 58.8 Å². The maximum absolute atomic E-state index is 12.7. The van der Waals surface area contributed by atoms with E-state index in [0.29, 0.717) is 5.82 Å². The molecule has 0 fully saturated rings. The number of nitrogens with zero attached hydrogens (tertiary/aromatic N) is 3. The van der Waals surface area contributed by atoms with Crippen LogP contribution < -0.4 is 9.80 Å². The van der Waals surface area contributed by atoms with E-state index in [4.69, 9.17) is 16.3 Å². The smallest absolute Gasteiger partial charge is 0.340 e. The van der Waals surface area contributed by atoms with Crippen molar-refractivity contribution in [2.24, 2.45) is 0 Å². The number of benzene rings is 2. The molecule has 0 aliphatic carbocycles. The van der Waals surface area contributed by atoms with Crippen LogP contribution in [-0.2, 0) is 19.4 Å². The largest absolute Gasteiger partial charge is 0.454 e. The highest BCUT2D eigenvalue weighted by Crippen LogP contribution is 2.40. The maximum Gasteiger partial charge on any atom is 0.340 e. The van der Waals surface area contributed by atoms with Gasteiger partial charge in [0.2, 0.25) is 5.78 Å². The van der Waals surface area contributed by atoms with Gasteiger partial charge in [-0.25, -0.2) is 13.2 Å². The van der Waals surface area contributed by atoms with Gasteiger partial charge in [-0.15, -0.1) is 0 Å². The minimum atomic E-state index is -3.57. The van der Waals surface area contributed by atoms with Crippen molar-refractivity contribution in [2.75, 3.05) is 36.8 Å². The van der Waals surface area contributed by atoms with Crippen molar-refractivity contribution < 1.29 is 22.7 Å². The highest BCUT2D eigenvalue weighted by atomic mass is 35.5. The number of ketones is 1. The molecule has 0 aromatic heterocycles. The summed E-state index contributed by atoms with van der Waals surface area (Å²) in [5.41, 5.74) is 1.28. The first-order valence-electron chi connectivity index (χ1n) is 8.97. The first-order chi connectivity index (χ1) is 14.6. The molecule has 1 aliphatic rings. The number of hydrogen-bond donors (Lipinski definition) is 0. The Hall–Kier alpha value is -3.35. The molecule has 0 saturated carbocycles. The quantitative estimate of drug-likeness (QED) is 0.381. The average Bonchev–Trinajstić information content (AvgIpc) is 2.97. The van der Waals surface area contributed by atoms with Gasteiger partial charge >= 0.3 is 5.97 Å². The lowest BCUT2D eigenvalue weighted by Gasteiger charge is -2.19. The minimum Gasteiger partial charge on any atom is -0.454 e. The molecule has 2 aromatic carbocycles. The molecule has 3 rings (SSSR count). The number of Topliss-reactive ketones (excluding diaryl/α,β-unsaturated/α-hetero) is 1. The standard InChI is InChI=1S/C21H18ClN3O5S/c1-24-17-6-4-5-7-18(17)25(2)20(24)15(11-23)19(26)12-30-21(27)14-10-13(31(3,28)29)8-9-16(14)22/h4-10H,12H2,1-3H3. The van der Waals surface area contributed by atoms with Crippen molar-refractivity contribution in [3.8, 4) is 6.07 Å². The Kier molecular flexibility index (Phi) is 6.06. The molecule has 160 valence electrons. The van der Waals surface area contributed by atoms with Crippen LogP contribution in [0.4, 0.5) is 11.4 Å². The normalized spacial score (nSPS) is 12.9. The van der Waals surface area contributed by atoms with Crippen molar-refractivity contribution in [2.45, 2.75) is 4.90 Å². The lowest BCUT2D eigenvalue weighted by atomic mass is 10.2. The first kappa shape index (κ1) is 22.3. The summed E-state index contributed by atoms with van der Waals surface area (Å²) in [4.78, 5) is 28.4. The van der Waals surface area contributed by atoms with Crippen LogP contribution in [0.2, 0.25) is 5.02 Å². The predicted molar refractivity (Wildman–Crippen MR) is 116 cm³/mol. The summed E-state index contributed by atoms with van der Waals surface area (Å²) in [6.45, 7) is -0.706. The number of anilines is 2. The highest BCUT2D eigenvalue weighted by Gasteiger charge is 2.31. The van der Waals surface area contributed by atoms with Crippen LogP contribution in [0.3, 0.4) is 0 Å². The molecule has 1 heterocycles. The number of hydrogen-bond acceptors (Lipinski definition) is 8. The average molecular weight is 460 g/mol. The number of carbonyl (C=O) groups is 2. The van der Waals surface area contributed by atoms with E-state index in [0.717, 1.165) is 23.7 Å². The number of fused-ring (bicyclic) bond motifs is 1. The number of nitriles is 1. The van der Waals surface area contributed by atoms with Crippen LogP contribution in [-0.4, -0.2) is 47.1 Å². The Balaban J connectivity index is 1.83. The number of para-hydroxylation sites is 2. The Labute approximate surface area is 184 Å². The number of esters is 1. The zero-order chi connectivity index (χ0) is 22.9. The van der Waals surface area contributed by atoms with E-state index in [1.807, 2.05) is 30.3 Å². The van der Waals surface area contributed by atoms with E-state index in [-0.39, 0.29) is 21.1 Å². The molecule has 0 spiro atoms. The van der Waals surface area contributed by atoms with Crippen LogP contribution in [0, 0.1) is 11.3 Å². The molecular weight excluding hydrogens is 442 g/mol. The third kappa shape index (κ3) is 4.26. The van der Waals surface area contributed by atoms with Crippen molar-refractivity contribution in [1.82, 2.24) is 0 Å². The van der Waals surface area contributed by atoms with Gasteiger partial charge in [0, 0.05) is 20.4 Å². The van der Waals surface area contributed by atoms with E-state index < -0.39 is 28.2 Å². The van der Waals surface area contributed by atoms with Gasteiger partial charge in [-0.2, -0.15) is 5.26 Å².